The minimum absolute atomic E-state index is 0.000000000000000222. The van der Waals surface area contributed by atoms with Gasteiger partial charge in [-0.3, -0.25) is 9.79 Å². The lowest BCUT2D eigenvalue weighted by Crippen LogP contribution is -1.95. The van der Waals surface area contributed by atoms with Crippen LogP contribution in [0.15, 0.2) is 10.1 Å². The average molecular weight is 113 g/mol. The van der Waals surface area contributed by atoms with Gasteiger partial charge in [0, 0.05) is 0 Å². The lowest BCUT2D eigenvalue weighted by Gasteiger charge is -1.79. The van der Waals surface area contributed by atoms with E-state index in [2.05, 4.69) is 10.1 Å². The summed E-state index contributed by atoms with van der Waals surface area (Å²) in [7, 11) is 0. The maximum absolute atomic E-state index is 10.1. The van der Waals surface area contributed by atoms with Gasteiger partial charge in [-0.25, -0.2) is 5.53 Å². The van der Waals surface area contributed by atoms with E-state index in [-0.39, 0.29) is 6.54 Å². The fraction of sp³-hybridized carbons (Fsp3) is 0.500. The van der Waals surface area contributed by atoms with Gasteiger partial charge in [0.1, 0.15) is 6.54 Å². The van der Waals surface area contributed by atoms with Crippen LogP contribution in [0.1, 0.15) is 6.92 Å². The summed E-state index contributed by atoms with van der Waals surface area (Å²) in [5.41, 5.74) is 6.19. The van der Waals surface area contributed by atoms with Crippen LogP contribution in [0.2, 0.25) is 0 Å². The highest BCUT2D eigenvalue weighted by Gasteiger charge is 1.90. The highest BCUT2D eigenvalue weighted by molar-refractivity contribution is 5.79. The molecule has 0 saturated heterocycles. The van der Waals surface area contributed by atoms with Crippen molar-refractivity contribution in [2.75, 3.05) is 6.54 Å². The zero-order chi connectivity index (χ0) is 6.41. The smallest absolute Gasteiger partial charge is 0.285 e. The van der Waals surface area contributed by atoms with Crippen molar-refractivity contribution in [3.63, 3.8) is 0 Å². The van der Waals surface area contributed by atoms with Gasteiger partial charge in [-0.15, -0.1) is 5.11 Å². The number of amides is 1. The second-order valence-electron chi connectivity index (χ2n) is 1.10. The topological polar surface area (TPSA) is 65.6 Å². The van der Waals surface area contributed by atoms with Crippen molar-refractivity contribution in [3.8, 4) is 0 Å². The van der Waals surface area contributed by atoms with E-state index >= 15 is 0 Å². The Balaban J connectivity index is 3.39. The van der Waals surface area contributed by atoms with Crippen LogP contribution in [0.5, 0.6) is 0 Å². The zero-order valence-electron chi connectivity index (χ0n) is 4.59. The summed E-state index contributed by atoms with van der Waals surface area (Å²) in [6, 6.07) is 0. The van der Waals surface area contributed by atoms with E-state index < -0.39 is 5.91 Å². The second-order valence-corrected chi connectivity index (χ2v) is 1.10. The lowest BCUT2D eigenvalue weighted by molar-refractivity contribution is -0.117. The van der Waals surface area contributed by atoms with Crippen molar-refractivity contribution < 1.29 is 4.79 Å². The first kappa shape index (κ1) is 6.94. The summed E-state index contributed by atoms with van der Waals surface area (Å²) >= 11 is 0. The summed E-state index contributed by atoms with van der Waals surface area (Å²) < 4.78 is 0. The molecule has 8 heavy (non-hydrogen) atoms. The molecule has 0 radical (unpaired) electrons. The van der Waals surface area contributed by atoms with E-state index in [0.717, 1.165) is 0 Å². The molecular formula is C4H7N3O. The van der Waals surface area contributed by atoms with Gasteiger partial charge in [0.25, 0.3) is 5.91 Å². The largest absolute Gasteiger partial charge is 0.288 e. The van der Waals surface area contributed by atoms with E-state index in [1.54, 1.807) is 6.92 Å². The average Bonchev–Trinajstić information content (AvgIpc) is 1.83. The lowest BCUT2D eigenvalue weighted by atomic mass is 10.6. The number of nitrogens with zero attached hydrogens (tertiary/aromatic N) is 2. The number of carbonyl (C=O) groups is 1. The number of rotatable bonds is 2. The molecule has 1 amide bonds. The first-order chi connectivity index (χ1) is 3.81. The van der Waals surface area contributed by atoms with Gasteiger partial charge < -0.3 is 0 Å². The number of aliphatic imine (C=N–C) groups is 1. The molecule has 0 fully saturated rings. The number of carbonyl (C=O) groups excluding carboxylic acids is 1. The number of hydrogen-bond donors (Lipinski definition) is 1. The Labute approximate surface area is 47.1 Å². The summed E-state index contributed by atoms with van der Waals surface area (Å²) in [6.07, 6.45) is 1.50. The third-order valence-electron chi connectivity index (χ3n) is 0.534. The highest BCUT2D eigenvalue weighted by atomic mass is 16.1. The molecular weight excluding hydrogens is 106 g/mol. The van der Waals surface area contributed by atoms with Crippen molar-refractivity contribution in [1.82, 2.24) is 0 Å². The van der Waals surface area contributed by atoms with Crippen LogP contribution in [0.4, 0.5) is 0 Å². The van der Waals surface area contributed by atoms with Gasteiger partial charge >= 0.3 is 0 Å². The molecule has 0 unspecified atom stereocenters. The standard InChI is InChI=1S/C4H7N3O/c1-2-6-3-4(8)7-5/h2,5H,3H2,1H3. The molecule has 0 aromatic rings. The second kappa shape index (κ2) is 4.11. The molecule has 4 heteroatoms. The fourth-order valence-corrected chi connectivity index (χ4v) is 0.205. The van der Waals surface area contributed by atoms with Crippen molar-refractivity contribution in [2.24, 2.45) is 10.1 Å². The summed E-state index contributed by atoms with van der Waals surface area (Å²) in [4.78, 5) is 13.7. The Hall–Kier alpha value is -1.06. The molecule has 0 heterocycles. The number of nitrogens with one attached hydrogen (secondary N) is 1. The van der Waals surface area contributed by atoms with E-state index in [4.69, 9.17) is 5.53 Å². The van der Waals surface area contributed by atoms with Crippen LogP contribution in [0.3, 0.4) is 0 Å². The summed E-state index contributed by atoms with van der Waals surface area (Å²) in [5.74, 6) is -0.511. The Morgan fingerprint density at radius 3 is 2.88 bits per heavy atom. The molecule has 0 aromatic heterocycles. The summed E-state index contributed by atoms with van der Waals surface area (Å²) in [6.45, 7) is 1.71. The maximum Gasteiger partial charge on any atom is 0.285 e. The van der Waals surface area contributed by atoms with E-state index in [9.17, 15) is 4.79 Å². The van der Waals surface area contributed by atoms with Gasteiger partial charge in [0.2, 0.25) is 0 Å². The van der Waals surface area contributed by atoms with Crippen LogP contribution in [-0.2, 0) is 4.79 Å². The SMILES string of the molecule is CC=NCC(=O)N=N. The number of hydrogen-bond acceptors (Lipinski definition) is 3. The van der Waals surface area contributed by atoms with E-state index in [0.29, 0.717) is 0 Å². The maximum atomic E-state index is 10.1. The predicted molar refractivity (Wildman–Crippen MR) is 29.2 cm³/mol. The van der Waals surface area contributed by atoms with Crippen molar-refractivity contribution >= 4 is 12.1 Å². The van der Waals surface area contributed by atoms with Crippen LogP contribution >= 0.6 is 0 Å². The van der Waals surface area contributed by atoms with Crippen LogP contribution < -0.4 is 0 Å². The monoisotopic (exact) mass is 113 g/mol. The molecule has 0 aliphatic heterocycles. The third kappa shape index (κ3) is 3.14. The van der Waals surface area contributed by atoms with Gasteiger partial charge in [-0.1, -0.05) is 0 Å². The molecule has 0 aliphatic rings. The summed E-state index contributed by atoms with van der Waals surface area (Å²) in [5, 5.41) is 2.62. The molecule has 0 spiro atoms. The molecule has 0 aliphatic carbocycles. The molecule has 0 bridgehead atoms. The fourth-order valence-electron chi connectivity index (χ4n) is 0.205. The first-order valence-electron chi connectivity index (χ1n) is 2.16. The van der Waals surface area contributed by atoms with Gasteiger partial charge in [0.05, 0.1) is 0 Å². The van der Waals surface area contributed by atoms with Gasteiger partial charge in [-0.2, -0.15) is 0 Å². The molecule has 4 nitrogen and oxygen atoms in total. The van der Waals surface area contributed by atoms with Crippen LogP contribution in [0, 0.1) is 5.53 Å². The molecule has 1 N–H and O–H groups in total. The zero-order valence-corrected chi connectivity index (χ0v) is 4.59. The first-order valence-corrected chi connectivity index (χ1v) is 2.16. The highest BCUT2D eigenvalue weighted by Crippen LogP contribution is 1.73. The minimum atomic E-state index is -0.511. The minimum Gasteiger partial charge on any atom is -0.288 e. The Morgan fingerprint density at radius 2 is 2.50 bits per heavy atom. The molecule has 0 atom stereocenters. The molecule has 44 valence electrons. The van der Waals surface area contributed by atoms with Crippen molar-refractivity contribution in [1.29, 1.82) is 5.53 Å². The Morgan fingerprint density at radius 1 is 1.88 bits per heavy atom. The van der Waals surface area contributed by atoms with Gasteiger partial charge in [-0.05, 0) is 13.1 Å². The van der Waals surface area contributed by atoms with E-state index in [1.165, 1.54) is 6.21 Å². The molecule has 0 rings (SSSR count). The van der Waals surface area contributed by atoms with Crippen molar-refractivity contribution in [3.05, 3.63) is 0 Å². The Bertz CT molecular complexity index is 118. The molecule has 0 saturated carbocycles. The van der Waals surface area contributed by atoms with Crippen LogP contribution in [-0.4, -0.2) is 18.7 Å². The van der Waals surface area contributed by atoms with Gasteiger partial charge in [0.15, 0.2) is 0 Å². The van der Waals surface area contributed by atoms with Crippen molar-refractivity contribution in [2.45, 2.75) is 6.92 Å². The molecule has 0 aromatic carbocycles. The quantitative estimate of drug-likeness (QED) is 0.414. The predicted octanol–water partition coefficient (Wildman–Crippen LogP) is 0.635. The third-order valence-corrected chi connectivity index (χ3v) is 0.534. The normalized spacial score (nSPS) is 9.62. The van der Waals surface area contributed by atoms with Crippen LogP contribution in [0.25, 0.3) is 0 Å². The van der Waals surface area contributed by atoms with E-state index in [1.807, 2.05) is 0 Å². The Kier molecular flexibility index (Phi) is 3.56.